The molecule has 28 heavy (non-hydrogen) atoms. The second kappa shape index (κ2) is 10.0. The van der Waals surface area contributed by atoms with Crippen LogP contribution in [-0.2, 0) is 11.3 Å². The van der Waals surface area contributed by atoms with Crippen molar-refractivity contribution in [2.45, 2.75) is 19.9 Å². The summed E-state index contributed by atoms with van der Waals surface area (Å²) in [5, 5.41) is 3.33. The third-order valence-corrected chi connectivity index (χ3v) is 4.50. The van der Waals surface area contributed by atoms with Crippen molar-refractivity contribution in [1.29, 1.82) is 0 Å². The van der Waals surface area contributed by atoms with Gasteiger partial charge in [0.1, 0.15) is 11.6 Å². The molecule has 2 aromatic rings. The Morgan fingerprint density at radius 1 is 1.32 bits per heavy atom. The minimum atomic E-state index is -0.296. The Labute approximate surface area is 165 Å². The van der Waals surface area contributed by atoms with Crippen molar-refractivity contribution in [1.82, 2.24) is 15.2 Å². The summed E-state index contributed by atoms with van der Waals surface area (Å²) in [6.45, 7) is 6.00. The maximum absolute atomic E-state index is 13.0. The lowest BCUT2D eigenvalue weighted by atomic mass is 10.1. The van der Waals surface area contributed by atoms with Crippen molar-refractivity contribution >= 4 is 5.96 Å². The predicted octanol–water partition coefficient (Wildman–Crippen LogP) is 3.45. The summed E-state index contributed by atoms with van der Waals surface area (Å²) in [6, 6.07) is 9.58. The van der Waals surface area contributed by atoms with Crippen molar-refractivity contribution in [3.8, 4) is 11.6 Å². The van der Waals surface area contributed by atoms with Gasteiger partial charge in [-0.3, -0.25) is 0 Å². The van der Waals surface area contributed by atoms with Crippen LogP contribution in [0.4, 0.5) is 4.39 Å². The summed E-state index contributed by atoms with van der Waals surface area (Å²) in [5.41, 5.74) is 0.986. The number of aliphatic imine (C=N–C) groups is 1. The number of nitrogens with one attached hydrogen (secondary N) is 1. The van der Waals surface area contributed by atoms with E-state index in [-0.39, 0.29) is 5.82 Å². The molecule has 1 aliphatic heterocycles. The molecular weight excluding hydrogens is 359 g/mol. The van der Waals surface area contributed by atoms with Gasteiger partial charge in [0.05, 0.1) is 13.2 Å². The minimum absolute atomic E-state index is 0.296. The van der Waals surface area contributed by atoms with E-state index in [1.807, 2.05) is 6.07 Å². The zero-order valence-electron chi connectivity index (χ0n) is 16.4. The highest BCUT2D eigenvalue weighted by Gasteiger charge is 2.19. The number of halogens is 1. The van der Waals surface area contributed by atoms with Gasteiger partial charge < -0.3 is 19.7 Å². The van der Waals surface area contributed by atoms with E-state index in [1.54, 1.807) is 24.4 Å². The summed E-state index contributed by atoms with van der Waals surface area (Å²) in [4.78, 5) is 11.2. The summed E-state index contributed by atoms with van der Waals surface area (Å²) in [6.07, 6.45) is 2.85. The van der Waals surface area contributed by atoms with Gasteiger partial charge in [0.25, 0.3) is 0 Å². The van der Waals surface area contributed by atoms with Gasteiger partial charge in [-0.1, -0.05) is 6.07 Å². The number of rotatable bonds is 7. The molecular formula is C21H27FN4O2. The fraction of sp³-hybridized carbons (Fsp3) is 0.429. The topological polar surface area (TPSA) is 59.0 Å². The minimum Gasteiger partial charge on any atom is -0.439 e. The molecule has 150 valence electrons. The maximum Gasteiger partial charge on any atom is 0.219 e. The van der Waals surface area contributed by atoms with Crippen LogP contribution >= 0.6 is 0 Å². The van der Waals surface area contributed by atoms with Gasteiger partial charge >= 0.3 is 0 Å². The number of benzene rings is 1. The predicted molar refractivity (Wildman–Crippen MR) is 107 cm³/mol. The molecule has 0 bridgehead atoms. The molecule has 1 N–H and O–H groups in total. The number of nitrogens with zero attached hydrogens (tertiary/aromatic N) is 3. The van der Waals surface area contributed by atoms with E-state index in [2.05, 4.69) is 29.2 Å². The van der Waals surface area contributed by atoms with E-state index in [0.717, 1.165) is 44.2 Å². The molecule has 0 spiro atoms. The highest BCUT2D eigenvalue weighted by molar-refractivity contribution is 5.79. The Bertz CT molecular complexity index is 759. The molecule has 2 heterocycles. The van der Waals surface area contributed by atoms with Crippen LogP contribution in [0.5, 0.6) is 11.6 Å². The van der Waals surface area contributed by atoms with Crippen molar-refractivity contribution in [2.24, 2.45) is 10.9 Å². The average molecular weight is 386 g/mol. The zero-order valence-corrected chi connectivity index (χ0v) is 16.4. The third-order valence-electron chi connectivity index (χ3n) is 4.50. The van der Waals surface area contributed by atoms with Crippen molar-refractivity contribution in [2.75, 3.05) is 33.4 Å². The fourth-order valence-electron chi connectivity index (χ4n) is 3.03. The Morgan fingerprint density at radius 2 is 2.14 bits per heavy atom. The first kappa shape index (κ1) is 20.1. The van der Waals surface area contributed by atoms with E-state index in [9.17, 15) is 4.39 Å². The monoisotopic (exact) mass is 386 g/mol. The molecule has 0 aliphatic carbocycles. The molecule has 1 atom stereocenters. The molecule has 1 aromatic heterocycles. The highest BCUT2D eigenvalue weighted by atomic mass is 19.1. The molecule has 0 radical (unpaired) electrons. The molecule has 1 aliphatic rings. The quantitative estimate of drug-likeness (QED) is 0.583. The summed E-state index contributed by atoms with van der Waals surface area (Å²) >= 11 is 0. The van der Waals surface area contributed by atoms with Gasteiger partial charge in [-0.15, -0.1) is 0 Å². The van der Waals surface area contributed by atoms with Gasteiger partial charge in [-0.25, -0.2) is 14.4 Å². The number of aromatic nitrogens is 1. The molecule has 6 nitrogen and oxygen atoms in total. The first-order valence-electron chi connectivity index (χ1n) is 9.59. The SMILES string of the molecule is CCNC(=NCc1ccc(Oc2ccc(F)cc2)nc1)N(C)CC1CCOC1. The summed E-state index contributed by atoms with van der Waals surface area (Å²) in [5.74, 6) is 2.14. The number of hydrogen-bond acceptors (Lipinski definition) is 4. The molecule has 1 fully saturated rings. The molecule has 0 amide bonds. The largest absolute Gasteiger partial charge is 0.439 e. The Hall–Kier alpha value is -2.67. The van der Waals surface area contributed by atoms with Crippen molar-refractivity contribution < 1.29 is 13.9 Å². The number of guanidine groups is 1. The normalized spacial score (nSPS) is 16.8. The summed E-state index contributed by atoms with van der Waals surface area (Å²) < 4.78 is 24.0. The summed E-state index contributed by atoms with van der Waals surface area (Å²) in [7, 11) is 2.05. The lowest BCUT2D eigenvalue weighted by Gasteiger charge is -2.24. The van der Waals surface area contributed by atoms with Crippen LogP contribution < -0.4 is 10.1 Å². The second-order valence-corrected chi connectivity index (χ2v) is 6.84. The van der Waals surface area contributed by atoms with E-state index in [4.69, 9.17) is 14.5 Å². The molecule has 3 rings (SSSR count). The van der Waals surface area contributed by atoms with Crippen LogP contribution in [-0.4, -0.2) is 49.2 Å². The van der Waals surface area contributed by atoms with Gasteiger partial charge in [-0.2, -0.15) is 0 Å². The molecule has 7 heteroatoms. The highest BCUT2D eigenvalue weighted by Crippen LogP contribution is 2.19. The average Bonchev–Trinajstić information content (AvgIpc) is 3.21. The maximum atomic E-state index is 13.0. The standard InChI is InChI=1S/C21H27FN4O2/c1-3-23-21(26(2)14-17-10-11-27-15-17)25-13-16-4-9-20(24-12-16)28-19-7-5-18(22)6-8-19/h4-9,12,17H,3,10-11,13-15H2,1-2H3,(H,23,25). The lowest BCUT2D eigenvalue weighted by molar-refractivity contribution is 0.181. The van der Waals surface area contributed by atoms with Crippen LogP contribution in [0.25, 0.3) is 0 Å². The Kier molecular flexibility index (Phi) is 7.19. The Morgan fingerprint density at radius 3 is 2.79 bits per heavy atom. The smallest absolute Gasteiger partial charge is 0.219 e. The first-order valence-corrected chi connectivity index (χ1v) is 9.59. The molecule has 1 aromatic carbocycles. The third kappa shape index (κ3) is 5.92. The lowest BCUT2D eigenvalue weighted by Crippen LogP contribution is -2.41. The van der Waals surface area contributed by atoms with Crippen LogP contribution in [0.15, 0.2) is 47.6 Å². The van der Waals surface area contributed by atoms with Crippen molar-refractivity contribution in [3.63, 3.8) is 0 Å². The molecule has 1 unspecified atom stereocenters. The van der Waals surface area contributed by atoms with Crippen molar-refractivity contribution in [3.05, 3.63) is 54.0 Å². The zero-order chi connectivity index (χ0) is 19.8. The fourth-order valence-corrected chi connectivity index (χ4v) is 3.03. The van der Waals surface area contributed by atoms with Gasteiger partial charge in [-0.05, 0) is 43.2 Å². The van der Waals surface area contributed by atoms with Crippen LogP contribution in [0.3, 0.4) is 0 Å². The van der Waals surface area contributed by atoms with E-state index in [1.165, 1.54) is 12.1 Å². The van der Waals surface area contributed by atoms with Gasteiger partial charge in [0.2, 0.25) is 5.88 Å². The number of hydrogen-bond donors (Lipinski definition) is 1. The second-order valence-electron chi connectivity index (χ2n) is 6.84. The van der Waals surface area contributed by atoms with Crippen LogP contribution in [0.1, 0.15) is 18.9 Å². The van der Waals surface area contributed by atoms with Gasteiger partial charge in [0.15, 0.2) is 5.96 Å². The number of pyridine rings is 1. The van der Waals surface area contributed by atoms with Crippen LogP contribution in [0.2, 0.25) is 0 Å². The Balaban J connectivity index is 1.58. The molecule has 1 saturated heterocycles. The van der Waals surface area contributed by atoms with E-state index in [0.29, 0.717) is 24.1 Å². The molecule has 0 saturated carbocycles. The van der Waals surface area contributed by atoms with E-state index < -0.39 is 0 Å². The number of ether oxygens (including phenoxy) is 2. The van der Waals surface area contributed by atoms with E-state index >= 15 is 0 Å². The first-order chi connectivity index (χ1) is 13.6. The van der Waals surface area contributed by atoms with Crippen LogP contribution in [0, 0.1) is 11.7 Å². The van der Waals surface area contributed by atoms with Gasteiger partial charge in [0, 0.05) is 44.9 Å².